The average Bonchev–Trinajstić information content (AvgIpc) is 2.76. The number of rotatable bonds is 25. The Morgan fingerprint density at radius 3 is 1.37 bits per heavy atom. The van der Waals surface area contributed by atoms with Crippen LogP contribution in [0.2, 0.25) is 0 Å². The van der Waals surface area contributed by atoms with Gasteiger partial charge in [-0.05, 0) is 6.42 Å². The number of unbranched alkanes of at least 4 members (excludes halogenated alkanes) is 17. The van der Waals surface area contributed by atoms with Gasteiger partial charge in [0.25, 0.3) is 0 Å². The number of aliphatic hydroxyl groups is 2. The van der Waals surface area contributed by atoms with Gasteiger partial charge in [-0.3, -0.25) is 0 Å². The second kappa shape index (κ2) is 25.1. The largest absolute Gasteiger partial charge is 0.394 e. The summed E-state index contributed by atoms with van der Waals surface area (Å²) in [4.78, 5) is 0. The van der Waals surface area contributed by atoms with E-state index in [4.69, 9.17) is 14.6 Å². The highest BCUT2D eigenvalue weighted by Gasteiger charge is 2.09. The summed E-state index contributed by atoms with van der Waals surface area (Å²) >= 11 is 0. The predicted molar refractivity (Wildman–Crippen MR) is 128 cm³/mol. The van der Waals surface area contributed by atoms with Crippen LogP contribution in [-0.4, -0.2) is 49.4 Å². The molecule has 30 heavy (non-hydrogen) atoms. The lowest BCUT2D eigenvalue weighted by Gasteiger charge is -2.16. The van der Waals surface area contributed by atoms with Crippen LogP contribution in [0.5, 0.6) is 0 Å². The van der Waals surface area contributed by atoms with Crippen LogP contribution < -0.4 is 0 Å². The molecule has 0 heterocycles. The minimum Gasteiger partial charge on any atom is -0.394 e. The maximum absolute atomic E-state index is 9.27. The molecule has 0 rings (SSSR count). The van der Waals surface area contributed by atoms with E-state index < -0.39 is 6.10 Å². The molecule has 0 aliphatic heterocycles. The summed E-state index contributed by atoms with van der Waals surface area (Å²) in [6.07, 6.45) is 25.4. The van der Waals surface area contributed by atoms with Gasteiger partial charge in [-0.15, -0.1) is 0 Å². The van der Waals surface area contributed by atoms with Gasteiger partial charge in [-0.2, -0.15) is 0 Å². The van der Waals surface area contributed by atoms with Crippen molar-refractivity contribution in [3.05, 3.63) is 0 Å². The number of aliphatic hydroxyl groups excluding tert-OH is 2. The van der Waals surface area contributed by atoms with Crippen molar-refractivity contribution in [3.63, 3.8) is 0 Å². The molecule has 0 spiro atoms. The summed E-state index contributed by atoms with van der Waals surface area (Å²) in [6.45, 7) is 2.70. The average molecular weight is 431 g/mol. The lowest BCUT2D eigenvalue weighted by Crippen LogP contribution is -2.24. The van der Waals surface area contributed by atoms with Crippen molar-refractivity contribution in [1.29, 1.82) is 0 Å². The Labute approximate surface area is 188 Å². The molecule has 0 aromatic carbocycles. The Hall–Kier alpha value is -0.160. The quantitative estimate of drug-likeness (QED) is 0.156. The standard InChI is InChI=1S/C26H54O4/c1-3-4-5-6-7-8-9-10-11-12-13-14-15-16-17-18-19-20-21-26(29-2)24-30-23-25(28)22-27/h25-28H,3-24H2,1-2H3. The van der Waals surface area contributed by atoms with Crippen LogP contribution in [0.25, 0.3) is 0 Å². The van der Waals surface area contributed by atoms with Gasteiger partial charge in [0, 0.05) is 7.11 Å². The molecule has 4 nitrogen and oxygen atoms in total. The molecule has 2 N–H and O–H groups in total. The number of hydrogen-bond donors (Lipinski definition) is 2. The van der Waals surface area contributed by atoms with Gasteiger partial charge >= 0.3 is 0 Å². The molecule has 0 aromatic heterocycles. The molecule has 0 amide bonds. The molecule has 0 aliphatic rings. The van der Waals surface area contributed by atoms with Gasteiger partial charge in [0.15, 0.2) is 0 Å². The Kier molecular flexibility index (Phi) is 25.0. The number of methoxy groups -OCH3 is 1. The summed E-state index contributed by atoms with van der Waals surface area (Å²) in [5.41, 5.74) is 0. The third-order valence-corrected chi connectivity index (χ3v) is 6.04. The molecule has 0 saturated carbocycles. The minimum atomic E-state index is -0.785. The fraction of sp³-hybridized carbons (Fsp3) is 1.00. The van der Waals surface area contributed by atoms with Crippen LogP contribution in [-0.2, 0) is 9.47 Å². The normalized spacial score (nSPS) is 13.6. The lowest BCUT2D eigenvalue weighted by atomic mass is 10.0. The van der Waals surface area contributed by atoms with Gasteiger partial charge in [-0.1, -0.05) is 122 Å². The van der Waals surface area contributed by atoms with Crippen LogP contribution in [0.3, 0.4) is 0 Å². The predicted octanol–water partition coefficient (Wildman–Crippen LogP) is 6.80. The topological polar surface area (TPSA) is 58.9 Å². The Balaban J connectivity index is 3.21. The molecule has 0 radical (unpaired) electrons. The molecule has 0 saturated heterocycles. The van der Waals surface area contributed by atoms with E-state index >= 15 is 0 Å². The zero-order valence-corrected chi connectivity index (χ0v) is 20.4. The maximum Gasteiger partial charge on any atom is 0.100 e. The van der Waals surface area contributed by atoms with E-state index in [1.807, 2.05) is 0 Å². The third-order valence-electron chi connectivity index (χ3n) is 6.04. The van der Waals surface area contributed by atoms with Crippen molar-refractivity contribution >= 4 is 0 Å². The summed E-state index contributed by atoms with van der Waals surface area (Å²) in [5, 5.41) is 18.0. The molecule has 182 valence electrons. The fourth-order valence-electron chi connectivity index (χ4n) is 3.93. The molecular formula is C26H54O4. The fourth-order valence-corrected chi connectivity index (χ4v) is 3.93. The number of hydrogen-bond acceptors (Lipinski definition) is 4. The van der Waals surface area contributed by atoms with E-state index in [2.05, 4.69) is 6.92 Å². The van der Waals surface area contributed by atoms with Crippen LogP contribution in [0, 0.1) is 0 Å². The first kappa shape index (κ1) is 29.8. The Morgan fingerprint density at radius 1 is 0.600 bits per heavy atom. The van der Waals surface area contributed by atoms with Gasteiger partial charge in [0.05, 0.1) is 25.9 Å². The van der Waals surface area contributed by atoms with Crippen LogP contribution in [0.15, 0.2) is 0 Å². The van der Waals surface area contributed by atoms with Crippen LogP contribution >= 0.6 is 0 Å². The van der Waals surface area contributed by atoms with Crippen molar-refractivity contribution in [1.82, 2.24) is 0 Å². The molecular weight excluding hydrogens is 376 g/mol. The van der Waals surface area contributed by atoms with Crippen molar-refractivity contribution in [3.8, 4) is 0 Å². The van der Waals surface area contributed by atoms with Gasteiger partial charge in [-0.25, -0.2) is 0 Å². The second-order valence-corrected chi connectivity index (χ2v) is 9.03. The third kappa shape index (κ3) is 22.5. The number of ether oxygens (including phenoxy) is 2. The van der Waals surface area contributed by atoms with E-state index in [1.54, 1.807) is 7.11 Å². The summed E-state index contributed by atoms with van der Waals surface area (Å²) in [7, 11) is 1.71. The van der Waals surface area contributed by atoms with Crippen LogP contribution in [0.4, 0.5) is 0 Å². The summed E-state index contributed by atoms with van der Waals surface area (Å²) in [5.74, 6) is 0. The monoisotopic (exact) mass is 430 g/mol. The van der Waals surface area contributed by atoms with E-state index in [-0.39, 0.29) is 19.3 Å². The first-order chi connectivity index (χ1) is 14.7. The van der Waals surface area contributed by atoms with E-state index in [0.717, 1.165) is 6.42 Å². The molecule has 4 heteroatoms. The Bertz CT molecular complexity index is 311. The molecule has 0 bridgehead atoms. The van der Waals surface area contributed by atoms with E-state index in [1.165, 1.54) is 116 Å². The second-order valence-electron chi connectivity index (χ2n) is 9.03. The van der Waals surface area contributed by atoms with Crippen molar-refractivity contribution in [2.24, 2.45) is 0 Å². The smallest absolute Gasteiger partial charge is 0.100 e. The SMILES string of the molecule is CCCCCCCCCCCCCCCCCCCCC(COCC(O)CO)OC. The lowest BCUT2D eigenvalue weighted by molar-refractivity contribution is -0.0381. The van der Waals surface area contributed by atoms with Crippen molar-refractivity contribution in [2.45, 2.75) is 141 Å². The van der Waals surface area contributed by atoms with E-state index in [0.29, 0.717) is 6.61 Å². The summed E-state index contributed by atoms with van der Waals surface area (Å²) < 4.78 is 10.8. The van der Waals surface area contributed by atoms with Crippen molar-refractivity contribution in [2.75, 3.05) is 26.9 Å². The highest BCUT2D eigenvalue weighted by Crippen LogP contribution is 2.15. The molecule has 0 aliphatic carbocycles. The highest BCUT2D eigenvalue weighted by atomic mass is 16.5. The van der Waals surface area contributed by atoms with Crippen molar-refractivity contribution < 1.29 is 19.7 Å². The molecule has 0 aromatic rings. The molecule has 2 atom stereocenters. The summed E-state index contributed by atoms with van der Waals surface area (Å²) in [6, 6.07) is 0. The maximum atomic E-state index is 9.27. The molecule has 0 fully saturated rings. The first-order valence-corrected chi connectivity index (χ1v) is 13.1. The minimum absolute atomic E-state index is 0.0944. The van der Waals surface area contributed by atoms with Gasteiger partial charge in [0.2, 0.25) is 0 Å². The Morgan fingerprint density at radius 2 is 1.00 bits per heavy atom. The molecule has 2 unspecified atom stereocenters. The first-order valence-electron chi connectivity index (χ1n) is 13.1. The zero-order valence-electron chi connectivity index (χ0n) is 20.4. The highest BCUT2D eigenvalue weighted by molar-refractivity contribution is 4.59. The van der Waals surface area contributed by atoms with Gasteiger partial charge in [0.1, 0.15) is 6.10 Å². The van der Waals surface area contributed by atoms with Gasteiger partial charge < -0.3 is 19.7 Å². The zero-order chi connectivity index (χ0) is 22.1. The van der Waals surface area contributed by atoms with E-state index in [9.17, 15) is 5.11 Å². The van der Waals surface area contributed by atoms with Crippen LogP contribution in [0.1, 0.15) is 129 Å².